The number of hydrogen-bond donors (Lipinski definition) is 0. The summed E-state index contributed by atoms with van der Waals surface area (Å²) in [5.74, 6) is 1.23. The fraction of sp³-hybridized carbons (Fsp3) is 0.240. The predicted octanol–water partition coefficient (Wildman–Crippen LogP) is 5.80. The number of carbonyl (C=O) groups is 1. The third kappa shape index (κ3) is 4.79. The molecule has 3 aromatic rings. The average Bonchev–Trinajstić information content (AvgIpc) is 3.33. The van der Waals surface area contributed by atoms with Gasteiger partial charge in [-0.15, -0.1) is 0 Å². The Labute approximate surface area is 198 Å². The van der Waals surface area contributed by atoms with Crippen LogP contribution in [0.1, 0.15) is 26.3 Å². The molecule has 1 aliphatic rings. The van der Waals surface area contributed by atoms with E-state index in [1.165, 1.54) is 11.8 Å². The van der Waals surface area contributed by atoms with Gasteiger partial charge >= 0.3 is 0 Å². The van der Waals surface area contributed by atoms with Crippen molar-refractivity contribution >= 4 is 40.3 Å². The number of para-hydroxylation sites is 1. The number of hydrogen-bond acceptors (Lipinski definition) is 5. The fourth-order valence-corrected chi connectivity index (χ4v) is 4.69. The number of thiocarbonyl (C=S) groups is 1. The van der Waals surface area contributed by atoms with E-state index >= 15 is 0 Å². The number of benzene rings is 2. The van der Waals surface area contributed by atoms with E-state index < -0.39 is 0 Å². The molecule has 0 saturated carbocycles. The highest BCUT2D eigenvalue weighted by Crippen LogP contribution is 2.35. The molecule has 1 fully saturated rings. The first-order valence-corrected chi connectivity index (χ1v) is 11.8. The van der Waals surface area contributed by atoms with Crippen LogP contribution in [0.15, 0.2) is 65.7 Å². The molecule has 2 heterocycles. The highest BCUT2D eigenvalue weighted by Gasteiger charge is 2.31. The lowest BCUT2D eigenvalue weighted by Crippen LogP contribution is -2.27. The lowest BCUT2D eigenvalue weighted by Gasteiger charge is -2.09. The summed E-state index contributed by atoms with van der Waals surface area (Å²) < 4.78 is 8.24. The van der Waals surface area contributed by atoms with Crippen LogP contribution < -0.4 is 4.74 Å². The average molecular weight is 464 g/mol. The molecule has 1 saturated heterocycles. The number of aromatic nitrogens is 2. The maximum absolute atomic E-state index is 12.8. The molecule has 0 unspecified atom stereocenters. The Balaban J connectivity index is 1.73. The van der Waals surface area contributed by atoms with Crippen molar-refractivity contribution in [1.82, 2.24) is 14.7 Å². The molecule has 0 bridgehead atoms. The molecule has 0 N–H and O–H groups in total. The normalized spacial score (nSPS) is 15.2. The largest absolute Gasteiger partial charge is 0.493 e. The van der Waals surface area contributed by atoms with Crippen LogP contribution in [0, 0.1) is 5.92 Å². The second kappa shape index (κ2) is 9.71. The van der Waals surface area contributed by atoms with Crippen molar-refractivity contribution in [1.29, 1.82) is 0 Å². The molecule has 0 aliphatic carbocycles. The molecule has 4 rings (SSSR count). The Morgan fingerprint density at radius 2 is 1.84 bits per heavy atom. The van der Waals surface area contributed by atoms with Gasteiger partial charge in [-0.1, -0.05) is 56.0 Å². The Morgan fingerprint density at radius 1 is 1.12 bits per heavy atom. The summed E-state index contributed by atoms with van der Waals surface area (Å²) in [5, 5.41) is 4.84. The van der Waals surface area contributed by atoms with E-state index in [2.05, 4.69) is 13.8 Å². The van der Waals surface area contributed by atoms with Crippen molar-refractivity contribution in [3.8, 4) is 22.7 Å². The van der Waals surface area contributed by atoms with E-state index in [1.807, 2.05) is 78.5 Å². The van der Waals surface area contributed by atoms with Gasteiger partial charge in [-0.05, 0) is 55.3 Å². The number of nitrogens with zero attached hydrogens (tertiary/aromatic N) is 3. The number of amides is 1. The van der Waals surface area contributed by atoms with Crippen molar-refractivity contribution in [3.63, 3.8) is 0 Å². The third-order valence-corrected chi connectivity index (χ3v) is 6.33. The number of thioether (sulfide) groups is 1. The monoisotopic (exact) mass is 463 g/mol. The number of carbonyl (C=O) groups excluding carboxylic acids is 1. The zero-order valence-electron chi connectivity index (χ0n) is 18.3. The van der Waals surface area contributed by atoms with Crippen molar-refractivity contribution in [3.05, 3.63) is 71.3 Å². The van der Waals surface area contributed by atoms with E-state index in [0.717, 1.165) is 28.3 Å². The molecule has 32 heavy (non-hydrogen) atoms. The van der Waals surface area contributed by atoms with Gasteiger partial charge in [0, 0.05) is 23.9 Å². The lowest BCUT2D eigenvalue weighted by atomic mass is 10.1. The van der Waals surface area contributed by atoms with Crippen LogP contribution in [0.4, 0.5) is 0 Å². The third-order valence-electron chi connectivity index (χ3n) is 4.95. The Hall–Kier alpha value is -2.90. The first-order valence-electron chi connectivity index (χ1n) is 10.6. The minimum Gasteiger partial charge on any atom is -0.493 e. The van der Waals surface area contributed by atoms with Crippen LogP contribution in [-0.4, -0.2) is 38.1 Å². The predicted molar refractivity (Wildman–Crippen MR) is 135 cm³/mol. The molecule has 1 amide bonds. The zero-order valence-corrected chi connectivity index (χ0v) is 20.0. The van der Waals surface area contributed by atoms with E-state index in [9.17, 15) is 4.79 Å². The molecule has 1 aliphatic heterocycles. The van der Waals surface area contributed by atoms with Gasteiger partial charge in [-0.3, -0.25) is 9.69 Å². The second-order valence-corrected chi connectivity index (χ2v) is 9.54. The summed E-state index contributed by atoms with van der Waals surface area (Å²) in [6, 6.07) is 17.8. The van der Waals surface area contributed by atoms with Crippen LogP contribution in [-0.2, 0) is 4.79 Å². The number of rotatable bonds is 7. The van der Waals surface area contributed by atoms with Gasteiger partial charge in [0.2, 0.25) is 0 Å². The summed E-state index contributed by atoms with van der Waals surface area (Å²) in [6.45, 7) is 7.41. The molecule has 1 aromatic heterocycles. The van der Waals surface area contributed by atoms with Crippen molar-refractivity contribution in [2.75, 3.05) is 13.2 Å². The summed E-state index contributed by atoms with van der Waals surface area (Å²) >= 11 is 6.70. The van der Waals surface area contributed by atoms with Crippen LogP contribution in [0.25, 0.3) is 23.0 Å². The second-order valence-electron chi connectivity index (χ2n) is 7.87. The summed E-state index contributed by atoms with van der Waals surface area (Å²) in [5.41, 5.74) is 3.56. The van der Waals surface area contributed by atoms with Gasteiger partial charge in [0.1, 0.15) is 10.1 Å². The molecule has 0 atom stereocenters. The molecule has 0 radical (unpaired) electrons. The zero-order chi connectivity index (χ0) is 22.7. The van der Waals surface area contributed by atoms with Gasteiger partial charge in [-0.2, -0.15) is 5.10 Å². The molecule has 7 heteroatoms. The van der Waals surface area contributed by atoms with Crippen LogP contribution in [0.2, 0.25) is 0 Å². The quantitative estimate of drug-likeness (QED) is 0.328. The van der Waals surface area contributed by atoms with E-state index in [0.29, 0.717) is 28.3 Å². The van der Waals surface area contributed by atoms with Crippen molar-refractivity contribution in [2.45, 2.75) is 20.8 Å². The standard InChI is InChI=1S/C25H25N3O2S2/c1-4-27-24(29)22(32-25(27)31)14-19-15-28(20-8-6-5-7-9-20)26-23(19)18-10-12-21(13-11-18)30-16-17(2)3/h5-15,17H,4,16H2,1-3H3. The maximum Gasteiger partial charge on any atom is 0.266 e. The minimum absolute atomic E-state index is 0.0571. The van der Waals surface area contributed by atoms with Crippen LogP contribution in [0.5, 0.6) is 5.75 Å². The smallest absolute Gasteiger partial charge is 0.266 e. The maximum atomic E-state index is 12.8. The first-order chi connectivity index (χ1) is 15.5. The van der Waals surface area contributed by atoms with Crippen molar-refractivity contribution in [2.24, 2.45) is 5.92 Å². The highest BCUT2D eigenvalue weighted by atomic mass is 32.2. The first kappa shape index (κ1) is 22.3. The minimum atomic E-state index is -0.0571. The van der Waals surface area contributed by atoms with Gasteiger partial charge in [0.05, 0.1) is 22.9 Å². The molecular weight excluding hydrogens is 438 g/mol. The Morgan fingerprint density at radius 3 is 2.47 bits per heavy atom. The SMILES string of the molecule is CCN1C(=O)C(=Cc2cn(-c3ccccc3)nc2-c2ccc(OCC(C)C)cc2)SC1=S. The number of likely N-dealkylation sites (N-methyl/N-ethyl adjacent to an activating group) is 1. The molecular formula is C25H25N3O2S2. The summed E-state index contributed by atoms with van der Waals surface area (Å²) in [7, 11) is 0. The molecule has 164 valence electrons. The van der Waals surface area contributed by atoms with Crippen LogP contribution in [0.3, 0.4) is 0 Å². The van der Waals surface area contributed by atoms with Crippen molar-refractivity contribution < 1.29 is 9.53 Å². The molecule has 0 spiro atoms. The highest BCUT2D eigenvalue weighted by molar-refractivity contribution is 8.26. The lowest BCUT2D eigenvalue weighted by molar-refractivity contribution is -0.121. The van der Waals surface area contributed by atoms with Gasteiger partial charge in [-0.25, -0.2) is 4.68 Å². The van der Waals surface area contributed by atoms with Gasteiger partial charge < -0.3 is 4.74 Å². The van der Waals surface area contributed by atoms with Gasteiger partial charge in [0.25, 0.3) is 5.91 Å². The van der Waals surface area contributed by atoms with E-state index in [4.69, 9.17) is 22.1 Å². The molecule has 5 nitrogen and oxygen atoms in total. The summed E-state index contributed by atoms with van der Waals surface area (Å²) in [6.07, 6.45) is 3.84. The van der Waals surface area contributed by atoms with Gasteiger partial charge in [0.15, 0.2) is 0 Å². The summed E-state index contributed by atoms with van der Waals surface area (Å²) in [4.78, 5) is 15.0. The fourth-order valence-electron chi connectivity index (χ4n) is 3.32. The Kier molecular flexibility index (Phi) is 6.77. The topological polar surface area (TPSA) is 47.4 Å². The van der Waals surface area contributed by atoms with E-state index in [1.54, 1.807) is 4.90 Å². The van der Waals surface area contributed by atoms with Crippen LogP contribution >= 0.6 is 24.0 Å². The number of ether oxygens (including phenoxy) is 1. The van der Waals surface area contributed by atoms with E-state index in [-0.39, 0.29) is 5.91 Å². The Bertz CT molecular complexity index is 1150. The molecule has 2 aromatic carbocycles.